The number of hydrogen-bond donors (Lipinski definition) is 2. The van der Waals surface area contributed by atoms with Crippen LogP contribution in [0.5, 0.6) is 0 Å². The van der Waals surface area contributed by atoms with Crippen LogP contribution < -0.4 is 5.32 Å². The molecule has 1 aliphatic heterocycles. The lowest BCUT2D eigenvalue weighted by atomic mass is 10.1. The molecule has 2 N–H and O–H groups in total. The summed E-state index contributed by atoms with van der Waals surface area (Å²) in [6.07, 6.45) is 4.85. The van der Waals surface area contributed by atoms with E-state index in [9.17, 15) is 5.26 Å². The maximum absolute atomic E-state index is 9.21. The number of anilines is 1. The molecule has 0 fully saturated rings. The minimum Gasteiger partial charge on any atom is -0.360 e. The van der Waals surface area contributed by atoms with Crippen molar-refractivity contribution >= 4 is 11.3 Å². The molecule has 0 unspecified atom stereocenters. The van der Waals surface area contributed by atoms with Crippen LogP contribution in [0.1, 0.15) is 24.5 Å². The highest BCUT2D eigenvalue weighted by molar-refractivity contribution is 5.74. The second-order valence-electron chi connectivity index (χ2n) is 5.68. The Bertz CT molecular complexity index is 946. The van der Waals surface area contributed by atoms with Crippen LogP contribution in [0.15, 0.2) is 30.5 Å². The average molecular weight is 333 g/mol. The van der Waals surface area contributed by atoms with Crippen molar-refractivity contribution in [3.8, 4) is 17.5 Å². The van der Waals surface area contributed by atoms with Gasteiger partial charge in [0.1, 0.15) is 17.5 Å². The molecule has 3 aromatic rings. The van der Waals surface area contributed by atoms with Crippen LogP contribution in [0.25, 0.3) is 17.0 Å². The van der Waals surface area contributed by atoms with Gasteiger partial charge in [0, 0.05) is 30.4 Å². The molecule has 1 aliphatic rings. The lowest BCUT2D eigenvalue weighted by Gasteiger charge is -2.15. The molecule has 0 radical (unpaired) electrons. The fraction of sp³-hybridized carbons (Fsp3) is 0.250. The number of allylic oxidation sites excluding steroid dienone is 1. The van der Waals surface area contributed by atoms with E-state index in [0.29, 0.717) is 5.57 Å². The molecule has 9 heteroatoms. The highest BCUT2D eigenvalue weighted by atomic mass is 15.5. The fourth-order valence-corrected chi connectivity index (χ4v) is 2.85. The van der Waals surface area contributed by atoms with Gasteiger partial charge in [-0.3, -0.25) is 0 Å². The zero-order chi connectivity index (χ0) is 17.1. The highest BCUT2D eigenvalue weighted by Crippen LogP contribution is 2.25. The summed E-state index contributed by atoms with van der Waals surface area (Å²) in [5, 5.41) is 34.4. The first-order chi connectivity index (χ1) is 12.3. The Labute approximate surface area is 143 Å². The molecule has 0 aliphatic carbocycles. The van der Waals surface area contributed by atoms with Crippen molar-refractivity contribution in [1.82, 2.24) is 35.4 Å². The molecule has 124 valence electrons. The molecule has 3 heterocycles. The first-order valence-electron chi connectivity index (χ1n) is 7.98. The third-order valence-corrected chi connectivity index (χ3v) is 4.07. The number of aromatic amines is 1. The van der Waals surface area contributed by atoms with E-state index in [4.69, 9.17) is 0 Å². The molecule has 0 saturated carbocycles. The van der Waals surface area contributed by atoms with Gasteiger partial charge in [0.2, 0.25) is 5.82 Å². The van der Waals surface area contributed by atoms with Crippen molar-refractivity contribution in [1.29, 1.82) is 5.26 Å². The van der Waals surface area contributed by atoms with Gasteiger partial charge < -0.3 is 9.88 Å². The largest absolute Gasteiger partial charge is 0.360 e. The average Bonchev–Trinajstić information content (AvgIpc) is 3.32. The van der Waals surface area contributed by atoms with Crippen LogP contribution in [0.3, 0.4) is 0 Å². The summed E-state index contributed by atoms with van der Waals surface area (Å²) in [6, 6.07) is 9.89. The van der Waals surface area contributed by atoms with Gasteiger partial charge in [0.25, 0.3) is 0 Å². The predicted octanol–water partition coefficient (Wildman–Crippen LogP) is 1.77. The topological polar surface area (TPSA) is 121 Å². The van der Waals surface area contributed by atoms with E-state index in [1.165, 1.54) is 0 Å². The van der Waals surface area contributed by atoms with Crippen LogP contribution in [-0.4, -0.2) is 35.4 Å². The molecule has 0 atom stereocenters. The first-order valence-corrected chi connectivity index (χ1v) is 7.98. The summed E-state index contributed by atoms with van der Waals surface area (Å²) >= 11 is 0. The van der Waals surface area contributed by atoms with Crippen molar-refractivity contribution in [2.24, 2.45) is 0 Å². The van der Waals surface area contributed by atoms with Crippen LogP contribution in [0.2, 0.25) is 0 Å². The van der Waals surface area contributed by atoms with Gasteiger partial charge in [0.05, 0.1) is 0 Å². The van der Waals surface area contributed by atoms with Gasteiger partial charge in [-0.2, -0.15) is 10.5 Å². The van der Waals surface area contributed by atoms with E-state index in [1.54, 1.807) is 6.20 Å². The fourth-order valence-electron chi connectivity index (χ4n) is 2.85. The standard InChI is InChI=1S/C16H15N9/c17-9-12(15-20-23-24-21-15)10-18-13-5-3-4-11(8-13)16-22-19-14-6-1-2-7-25(14)16/h3-5,8,10,18H,1-2,6-7H2,(H,20,21,23,24). The van der Waals surface area contributed by atoms with Crippen LogP contribution in [0, 0.1) is 11.3 Å². The molecule has 9 nitrogen and oxygen atoms in total. The third kappa shape index (κ3) is 2.97. The van der Waals surface area contributed by atoms with Crippen LogP contribution in [0.4, 0.5) is 5.69 Å². The zero-order valence-electron chi connectivity index (χ0n) is 13.3. The van der Waals surface area contributed by atoms with Crippen LogP contribution in [-0.2, 0) is 13.0 Å². The van der Waals surface area contributed by atoms with E-state index in [-0.39, 0.29) is 5.82 Å². The second kappa shape index (κ2) is 6.52. The molecular formula is C16H15N9. The molecule has 25 heavy (non-hydrogen) atoms. The zero-order valence-corrected chi connectivity index (χ0v) is 13.3. The maximum atomic E-state index is 9.21. The predicted molar refractivity (Wildman–Crippen MR) is 89.8 cm³/mol. The van der Waals surface area contributed by atoms with Crippen LogP contribution >= 0.6 is 0 Å². The molecule has 1 aromatic carbocycles. The third-order valence-electron chi connectivity index (χ3n) is 4.07. The Morgan fingerprint density at radius 2 is 2.24 bits per heavy atom. The summed E-state index contributed by atoms with van der Waals surface area (Å²) in [5.41, 5.74) is 2.11. The van der Waals surface area contributed by atoms with Crippen molar-refractivity contribution < 1.29 is 0 Å². The Morgan fingerprint density at radius 3 is 3.08 bits per heavy atom. The monoisotopic (exact) mass is 333 g/mol. The number of rotatable bonds is 4. The van der Waals surface area contributed by atoms with Gasteiger partial charge in [-0.25, -0.2) is 0 Å². The molecule has 4 rings (SSSR count). The minimum absolute atomic E-state index is 0.248. The quantitative estimate of drug-likeness (QED) is 0.698. The number of benzene rings is 1. The van der Waals surface area contributed by atoms with Gasteiger partial charge in [-0.15, -0.1) is 20.4 Å². The van der Waals surface area contributed by atoms with Gasteiger partial charge in [-0.1, -0.05) is 12.1 Å². The SMILES string of the molecule is N#CC(=CNc1cccc(-c2nnc3n2CCCC3)c1)c1nn[nH]n1. The number of aryl methyl sites for hydroxylation is 1. The number of hydrogen-bond acceptors (Lipinski definition) is 7. The smallest absolute Gasteiger partial charge is 0.216 e. The van der Waals surface area contributed by atoms with Gasteiger partial charge in [-0.05, 0) is 30.2 Å². The molecular weight excluding hydrogens is 318 g/mol. The lowest BCUT2D eigenvalue weighted by Crippen LogP contribution is -2.11. The van der Waals surface area contributed by atoms with Gasteiger partial charge in [0.15, 0.2) is 5.82 Å². The first kappa shape index (κ1) is 15.0. The Morgan fingerprint density at radius 1 is 1.28 bits per heavy atom. The Kier molecular flexibility index (Phi) is 3.92. The van der Waals surface area contributed by atoms with Crippen molar-refractivity contribution in [2.75, 3.05) is 5.32 Å². The number of nitriles is 1. The van der Waals surface area contributed by atoms with Crippen molar-refractivity contribution in [3.63, 3.8) is 0 Å². The molecule has 0 amide bonds. The normalized spacial score (nSPS) is 14.0. The minimum atomic E-state index is 0.248. The van der Waals surface area contributed by atoms with E-state index in [1.807, 2.05) is 30.3 Å². The number of tetrazole rings is 1. The molecule has 2 aromatic heterocycles. The summed E-state index contributed by atoms with van der Waals surface area (Å²) in [5.74, 6) is 2.17. The lowest BCUT2D eigenvalue weighted by molar-refractivity contribution is 0.526. The summed E-state index contributed by atoms with van der Waals surface area (Å²) in [4.78, 5) is 0. The Balaban J connectivity index is 1.60. The highest BCUT2D eigenvalue weighted by Gasteiger charge is 2.17. The van der Waals surface area contributed by atoms with E-state index >= 15 is 0 Å². The maximum Gasteiger partial charge on any atom is 0.216 e. The van der Waals surface area contributed by atoms with E-state index in [2.05, 4.69) is 40.7 Å². The number of H-pyrrole nitrogens is 1. The molecule has 0 bridgehead atoms. The number of nitrogens with one attached hydrogen (secondary N) is 2. The molecule has 0 saturated heterocycles. The number of fused-ring (bicyclic) bond motifs is 1. The number of nitrogens with zero attached hydrogens (tertiary/aromatic N) is 7. The van der Waals surface area contributed by atoms with Crippen molar-refractivity contribution in [2.45, 2.75) is 25.8 Å². The van der Waals surface area contributed by atoms with E-state index < -0.39 is 0 Å². The van der Waals surface area contributed by atoms with Crippen molar-refractivity contribution in [3.05, 3.63) is 42.1 Å². The van der Waals surface area contributed by atoms with Gasteiger partial charge >= 0.3 is 0 Å². The summed E-state index contributed by atoms with van der Waals surface area (Å²) in [6.45, 7) is 0.950. The summed E-state index contributed by atoms with van der Waals surface area (Å²) in [7, 11) is 0. The van der Waals surface area contributed by atoms with E-state index in [0.717, 1.165) is 48.7 Å². The number of aromatic nitrogens is 7. The second-order valence-corrected chi connectivity index (χ2v) is 5.68. The Hall–Kier alpha value is -3.54. The molecule has 0 spiro atoms. The summed E-state index contributed by atoms with van der Waals surface area (Å²) < 4.78 is 2.18.